The molecule has 2 aliphatic carbocycles. The predicted molar refractivity (Wildman–Crippen MR) is 87.4 cm³/mol. The molecule has 0 aromatic carbocycles. The van der Waals surface area contributed by atoms with E-state index in [1.54, 1.807) is 6.92 Å². The topological polar surface area (TPSA) is 85.4 Å². The van der Waals surface area contributed by atoms with Crippen molar-refractivity contribution in [1.82, 2.24) is 0 Å². The molecule has 5 atom stereocenters. The molecule has 1 saturated carbocycles. The van der Waals surface area contributed by atoms with Crippen molar-refractivity contribution in [2.24, 2.45) is 11.3 Å². The SMILES string of the molecule is C=C1C(=O)O[C@@H]2C3=C(CO)CC[C@H](OC(=O)[C@]4(C)CO4)[C@]3(C)CC[C@@H]12. The fourth-order valence-electron chi connectivity index (χ4n) is 4.64. The van der Waals surface area contributed by atoms with Gasteiger partial charge < -0.3 is 19.3 Å². The summed E-state index contributed by atoms with van der Waals surface area (Å²) in [5.41, 5.74) is 1.09. The summed E-state index contributed by atoms with van der Waals surface area (Å²) < 4.78 is 16.6. The number of aliphatic hydroxyl groups excluding tert-OH is 1. The van der Waals surface area contributed by atoms with Crippen LogP contribution in [0.25, 0.3) is 0 Å². The Hall–Kier alpha value is -1.66. The van der Waals surface area contributed by atoms with Gasteiger partial charge >= 0.3 is 11.9 Å². The minimum atomic E-state index is -0.817. The first-order valence-electron chi connectivity index (χ1n) is 8.88. The van der Waals surface area contributed by atoms with Gasteiger partial charge in [-0.15, -0.1) is 0 Å². The summed E-state index contributed by atoms with van der Waals surface area (Å²) in [4.78, 5) is 24.4. The standard InChI is InChI=1S/C19H24O6/c1-10-12-6-7-18(2)13(24-17(22)19(3)9-23-19)5-4-11(8-20)14(18)15(12)25-16(10)21/h12-13,15,20H,1,4-9H2,2-3H3/t12-,13-,15-,18-,19-/m0/s1. The first-order valence-corrected chi connectivity index (χ1v) is 8.88. The van der Waals surface area contributed by atoms with Crippen molar-refractivity contribution >= 4 is 11.9 Å². The van der Waals surface area contributed by atoms with Gasteiger partial charge in [-0.3, -0.25) is 0 Å². The van der Waals surface area contributed by atoms with Crippen LogP contribution in [0.5, 0.6) is 0 Å². The van der Waals surface area contributed by atoms with E-state index in [-0.39, 0.29) is 30.6 Å². The van der Waals surface area contributed by atoms with Crippen molar-refractivity contribution in [3.8, 4) is 0 Å². The number of hydrogen-bond donors (Lipinski definition) is 1. The molecule has 0 bridgehead atoms. The maximum atomic E-state index is 12.4. The minimum absolute atomic E-state index is 0.0455. The second-order valence-corrected chi connectivity index (χ2v) is 8.04. The summed E-state index contributed by atoms with van der Waals surface area (Å²) >= 11 is 0. The van der Waals surface area contributed by atoms with Crippen molar-refractivity contribution in [2.75, 3.05) is 13.2 Å². The fraction of sp³-hybridized carbons (Fsp3) is 0.684. The zero-order chi connectivity index (χ0) is 18.0. The van der Waals surface area contributed by atoms with Gasteiger partial charge in [-0.1, -0.05) is 13.5 Å². The summed E-state index contributed by atoms with van der Waals surface area (Å²) in [6.45, 7) is 7.98. The highest BCUT2D eigenvalue weighted by molar-refractivity contribution is 5.91. The molecule has 4 aliphatic rings. The van der Waals surface area contributed by atoms with Gasteiger partial charge in [0.05, 0.1) is 13.2 Å². The first kappa shape index (κ1) is 16.8. The average molecular weight is 348 g/mol. The molecule has 2 aliphatic heterocycles. The Morgan fingerprint density at radius 1 is 1.40 bits per heavy atom. The summed E-state index contributed by atoms with van der Waals surface area (Å²) in [5, 5.41) is 9.86. The molecule has 0 unspecified atom stereocenters. The predicted octanol–water partition coefficient (Wildman–Crippen LogP) is 1.67. The van der Waals surface area contributed by atoms with Gasteiger partial charge in [0.15, 0.2) is 5.60 Å². The van der Waals surface area contributed by atoms with Crippen LogP contribution in [0.15, 0.2) is 23.3 Å². The third kappa shape index (κ3) is 2.38. The molecule has 0 spiro atoms. The average Bonchev–Trinajstić information content (AvgIpc) is 3.27. The highest BCUT2D eigenvalue weighted by Crippen LogP contribution is 2.56. The van der Waals surface area contributed by atoms with Gasteiger partial charge in [0.1, 0.15) is 12.2 Å². The van der Waals surface area contributed by atoms with E-state index in [2.05, 4.69) is 13.5 Å². The highest BCUT2D eigenvalue weighted by atomic mass is 16.6. The van der Waals surface area contributed by atoms with E-state index in [9.17, 15) is 14.7 Å². The minimum Gasteiger partial charge on any atom is -0.459 e. The second kappa shape index (κ2) is 5.42. The maximum Gasteiger partial charge on any atom is 0.340 e. The molecule has 4 rings (SSSR count). The highest BCUT2D eigenvalue weighted by Gasteiger charge is 2.57. The Labute approximate surface area is 146 Å². The quantitative estimate of drug-likeness (QED) is 0.361. The molecule has 0 radical (unpaired) electrons. The number of ether oxygens (including phenoxy) is 3. The maximum absolute atomic E-state index is 12.4. The number of fused-ring (bicyclic) bond motifs is 3. The Morgan fingerprint density at radius 3 is 2.76 bits per heavy atom. The number of esters is 2. The molecular formula is C19H24O6. The van der Waals surface area contributed by atoms with E-state index in [1.807, 2.05) is 0 Å². The van der Waals surface area contributed by atoms with E-state index in [0.717, 1.165) is 24.0 Å². The van der Waals surface area contributed by atoms with Crippen molar-refractivity contribution in [3.05, 3.63) is 23.3 Å². The normalized spacial score (nSPS) is 42.6. The molecule has 136 valence electrons. The number of carbonyl (C=O) groups excluding carboxylic acids is 2. The van der Waals surface area contributed by atoms with Crippen LogP contribution >= 0.6 is 0 Å². The molecule has 1 N–H and O–H groups in total. The molecular weight excluding hydrogens is 324 g/mol. The molecule has 2 heterocycles. The van der Waals surface area contributed by atoms with E-state index in [1.165, 1.54) is 0 Å². The Kier molecular flexibility index (Phi) is 3.64. The van der Waals surface area contributed by atoms with Crippen molar-refractivity contribution in [3.63, 3.8) is 0 Å². The summed E-state index contributed by atoms with van der Waals surface area (Å²) in [6, 6.07) is 0. The monoisotopic (exact) mass is 348 g/mol. The van der Waals surface area contributed by atoms with Gasteiger partial charge in [0, 0.05) is 16.9 Å². The largest absolute Gasteiger partial charge is 0.459 e. The molecule has 0 amide bonds. The number of hydrogen-bond acceptors (Lipinski definition) is 6. The summed E-state index contributed by atoms with van der Waals surface area (Å²) in [7, 11) is 0. The van der Waals surface area contributed by atoms with E-state index >= 15 is 0 Å². The lowest BCUT2D eigenvalue weighted by atomic mass is 9.58. The van der Waals surface area contributed by atoms with Crippen LogP contribution < -0.4 is 0 Å². The fourth-order valence-corrected chi connectivity index (χ4v) is 4.64. The van der Waals surface area contributed by atoms with Gasteiger partial charge in [0.2, 0.25) is 0 Å². The number of epoxide rings is 1. The molecule has 6 heteroatoms. The molecule has 0 aromatic rings. The van der Waals surface area contributed by atoms with Crippen LogP contribution in [0.4, 0.5) is 0 Å². The van der Waals surface area contributed by atoms with Crippen molar-refractivity contribution < 1.29 is 28.9 Å². The Morgan fingerprint density at radius 2 is 2.12 bits per heavy atom. The van der Waals surface area contributed by atoms with Crippen LogP contribution in [-0.2, 0) is 23.8 Å². The van der Waals surface area contributed by atoms with E-state index < -0.39 is 17.1 Å². The molecule has 6 nitrogen and oxygen atoms in total. The van der Waals surface area contributed by atoms with Crippen molar-refractivity contribution in [2.45, 2.75) is 57.3 Å². The zero-order valence-corrected chi connectivity index (χ0v) is 14.7. The Bertz CT molecular complexity index is 688. The molecule has 0 aromatic heterocycles. The van der Waals surface area contributed by atoms with Crippen LogP contribution in [-0.4, -0.2) is 48.1 Å². The summed E-state index contributed by atoms with van der Waals surface area (Å²) in [5.74, 6) is -0.738. The van der Waals surface area contributed by atoms with Gasteiger partial charge in [-0.2, -0.15) is 0 Å². The third-order valence-corrected chi connectivity index (χ3v) is 6.43. The van der Waals surface area contributed by atoms with Crippen LogP contribution in [0.3, 0.4) is 0 Å². The first-order chi connectivity index (χ1) is 11.8. The molecule has 2 saturated heterocycles. The third-order valence-electron chi connectivity index (χ3n) is 6.43. The van der Waals surface area contributed by atoms with E-state index in [4.69, 9.17) is 14.2 Å². The van der Waals surface area contributed by atoms with Gasteiger partial charge in [0.25, 0.3) is 0 Å². The zero-order valence-electron chi connectivity index (χ0n) is 14.7. The number of carbonyl (C=O) groups is 2. The van der Waals surface area contributed by atoms with Gasteiger partial charge in [-0.25, -0.2) is 9.59 Å². The van der Waals surface area contributed by atoms with Crippen molar-refractivity contribution in [1.29, 1.82) is 0 Å². The van der Waals surface area contributed by atoms with Crippen LogP contribution in [0.1, 0.15) is 39.5 Å². The lowest BCUT2D eigenvalue weighted by molar-refractivity contribution is -0.164. The Balaban J connectivity index is 1.68. The second-order valence-electron chi connectivity index (χ2n) is 8.04. The van der Waals surface area contributed by atoms with E-state index in [0.29, 0.717) is 25.0 Å². The molecule has 25 heavy (non-hydrogen) atoms. The van der Waals surface area contributed by atoms with Crippen LogP contribution in [0, 0.1) is 11.3 Å². The summed E-state index contributed by atoms with van der Waals surface area (Å²) in [6.07, 6.45) is 2.11. The molecule has 3 fully saturated rings. The van der Waals surface area contributed by atoms with Crippen LogP contribution in [0.2, 0.25) is 0 Å². The van der Waals surface area contributed by atoms with Gasteiger partial charge in [-0.05, 0) is 43.8 Å². The lowest BCUT2D eigenvalue weighted by Crippen LogP contribution is -2.50. The lowest BCUT2D eigenvalue weighted by Gasteiger charge is -2.49. The number of aliphatic hydroxyl groups is 1. The smallest absolute Gasteiger partial charge is 0.340 e. The number of rotatable bonds is 3.